The summed E-state index contributed by atoms with van der Waals surface area (Å²) in [6, 6.07) is 0. The smallest absolute Gasteiger partial charge is 0.227 e. The van der Waals surface area contributed by atoms with Crippen LogP contribution in [0.3, 0.4) is 0 Å². The van der Waals surface area contributed by atoms with Crippen LogP contribution in [0.25, 0.3) is 0 Å². The van der Waals surface area contributed by atoms with Crippen molar-refractivity contribution in [3.05, 3.63) is 0 Å². The normalized spacial score (nSPS) is 13.2. The van der Waals surface area contributed by atoms with Crippen molar-refractivity contribution in [1.82, 2.24) is 5.32 Å². The molecule has 1 atom stereocenters. The van der Waals surface area contributed by atoms with Gasteiger partial charge in [0, 0.05) is 6.42 Å². The van der Waals surface area contributed by atoms with Crippen LogP contribution in [-0.4, -0.2) is 41.2 Å². The fourth-order valence-corrected chi connectivity index (χ4v) is 1.99. The molecule has 0 heterocycles. The van der Waals surface area contributed by atoms with Gasteiger partial charge in [0.25, 0.3) is 0 Å². The van der Waals surface area contributed by atoms with Crippen LogP contribution in [0.2, 0.25) is 0 Å². The molecule has 0 aromatic heterocycles. The summed E-state index contributed by atoms with van der Waals surface area (Å²) in [6.45, 7) is 4.43. The summed E-state index contributed by atoms with van der Waals surface area (Å²) in [6.07, 6.45) is 7.56. The minimum absolute atomic E-state index is 0.0891. The first-order valence-corrected chi connectivity index (χ1v) is 8.26. The Bertz CT molecular complexity index is 293. The number of nitrogens with zero attached hydrogens (tertiary/aromatic N) is 1. The van der Waals surface area contributed by atoms with Crippen LogP contribution >= 0.6 is 0 Å². The Kier molecular flexibility index (Phi) is 13.4. The molecule has 0 saturated carbocycles. The molecule has 0 aliphatic heterocycles. The lowest BCUT2D eigenvalue weighted by atomic mass is 10.1. The molecule has 21 heavy (non-hydrogen) atoms. The molecule has 0 aromatic carbocycles. The van der Waals surface area contributed by atoms with Gasteiger partial charge in [0.15, 0.2) is 0 Å². The zero-order valence-electron chi connectivity index (χ0n) is 13.6. The van der Waals surface area contributed by atoms with Gasteiger partial charge < -0.3 is 15.5 Å². The topological polar surface area (TPSA) is 81.9 Å². The summed E-state index contributed by atoms with van der Waals surface area (Å²) in [5, 5.41) is 21.4. The van der Waals surface area contributed by atoms with Crippen molar-refractivity contribution in [2.24, 2.45) is 4.99 Å². The molecule has 0 radical (unpaired) electrons. The van der Waals surface area contributed by atoms with Crippen LogP contribution in [0.5, 0.6) is 0 Å². The van der Waals surface area contributed by atoms with Crippen LogP contribution in [0.15, 0.2) is 4.99 Å². The van der Waals surface area contributed by atoms with Gasteiger partial charge in [0.05, 0.1) is 25.7 Å². The highest BCUT2D eigenvalue weighted by atomic mass is 16.3. The van der Waals surface area contributed by atoms with Gasteiger partial charge in [0.2, 0.25) is 5.91 Å². The average molecular weight is 300 g/mol. The van der Waals surface area contributed by atoms with E-state index in [4.69, 9.17) is 5.11 Å². The zero-order valence-corrected chi connectivity index (χ0v) is 13.6. The van der Waals surface area contributed by atoms with Crippen molar-refractivity contribution in [3.8, 4) is 0 Å². The Morgan fingerprint density at radius 1 is 1.10 bits per heavy atom. The Morgan fingerprint density at radius 3 is 2.38 bits per heavy atom. The lowest BCUT2D eigenvalue weighted by Crippen LogP contribution is -2.32. The number of aliphatic hydroxyl groups excluding tert-OH is 2. The van der Waals surface area contributed by atoms with Crippen molar-refractivity contribution in [2.45, 2.75) is 77.7 Å². The molecule has 0 aliphatic rings. The summed E-state index contributed by atoms with van der Waals surface area (Å²) in [5.41, 5.74) is 0. The van der Waals surface area contributed by atoms with E-state index in [1.54, 1.807) is 0 Å². The van der Waals surface area contributed by atoms with Crippen molar-refractivity contribution >= 4 is 11.7 Å². The van der Waals surface area contributed by atoms with Crippen molar-refractivity contribution in [3.63, 3.8) is 0 Å². The van der Waals surface area contributed by atoms with E-state index in [2.05, 4.69) is 24.2 Å². The first-order valence-electron chi connectivity index (χ1n) is 8.26. The van der Waals surface area contributed by atoms with Crippen molar-refractivity contribution < 1.29 is 15.0 Å². The lowest BCUT2D eigenvalue weighted by molar-refractivity contribution is -0.120. The molecular weight excluding hydrogens is 268 g/mol. The maximum atomic E-state index is 11.5. The molecule has 0 bridgehead atoms. The Hall–Kier alpha value is -0.940. The average Bonchev–Trinajstić information content (AvgIpc) is 2.45. The molecule has 0 saturated heterocycles. The number of aliphatic hydroxyl groups is 2. The van der Waals surface area contributed by atoms with Crippen LogP contribution in [-0.2, 0) is 4.79 Å². The number of amides is 1. The van der Waals surface area contributed by atoms with Gasteiger partial charge in [-0.3, -0.25) is 9.79 Å². The van der Waals surface area contributed by atoms with E-state index in [1.165, 1.54) is 0 Å². The predicted molar refractivity (Wildman–Crippen MR) is 86.4 cm³/mol. The van der Waals surface area contributed by atoms with Gasteiger partial charge >= 0.3 is 0 Å². The van der Waals surface area contributed by atoms with E-state index in [0.717, 1.165) is 44.9 Å². The minimum Gasteiger partial charge on any atom is -0.396 e. The number of carbonyl (C=O) groups excluding carboxylic acids is 1. The van der Waals surface area contributed by atoms with E-state index in [0.29, 0.717) is 18.8 Å². The van der Waals surface area contributed by atoms with Crippen molar-refractivity contribution in [2.75, 3.05) is 13.2 Å². The third-order valence-electron chi connectivity index (χ3n) is 3.27. The van der Waals surface area contributed by atoms with Gasteiger partial charge in [-0.25, -0.2) is 0 Å². The molecule has 0 aromatic rings. The molecule has 0 spiro atoms. The largest absolute Gasteiger partial charge is 0.396 e. The van der Waals surface area contributed by atoms with Gasteiger partial charge in [0.1, 0.15) is 5.84 Å². The summed E-state index contributed by atoms with van der Waals surface area (Å²) < 4.78 is 0. The van der Waals surface area contributed by atoms with Crippen LogP contribution in [0, 0.1) is 0 Å². The van der Waals surface area contributed by atoms with Crippen molar-refractivity contribution in [1.29, 1.82) is 0 Å². The summed E-state index contributed by atoms with van der Waals surface area (Å²) in [4.78, 5) is 15.9. The van der Waals surface area contributed by atoms with E-state index in [-0.39, 0.29) is 18.9 Å². The minimum atomic E-state index is -0.438. The highest BCUT2D eigenvalue weighted by molar-refractivity contribution is 5.98. The molecule has 1 amide bonds. The molecule has 124 valence electrons. The van der Waals surface area contributed by atoms with Crippen LogP contribution in [0.4, 0.5) is 0 Å². The number of carbonyl (C=O) groups is 1. The molecule has 0 fully saturated rings. The predicted octanol–water partition coefficient (Wildman–Crippen LogP) is 2.41. The quantitative estimate of drug-likeness (QED) is 0.294. The van der Waals surface area contributed by atoms with Gasteiger partial charge in [-0.05, 0) is 12.8 Å². The second kappa shape index (κ2) is 14.0. The summed E-state index contributed by atoms with van der Waals surface area (Å²) in [7, 11) is 0. The highest BCUT2D eigenvalue weighted by Gasteiger charge is 2.08. The third kappa shape index (κ3) is 12.5. The van der Waals surface area contributed by atoms with E-state index >= 15 is 0 Å². The number of unbranched alkanes of at least 4 members (excludes halogenated alkanes) is 4. The number of rotatable bonds is 12. The fourth-order valence-electron chi connectivity index (χ4n) is 1.99. The van der Waals surface area contributed by atoms with Gasteiger partial charge in [-0.1, -0.05) is 46.0 Å². The standard InChI is InChI=1S/C16H32N2O3/c1-3-5-7-9-14(20)13-17-15(10-8-6-4-2)18-16(21)11-12-19/h14,19-20H,3-13H2,1-2H3,(H,17,18,21). The number of hydrogen-bond donors (Lipinski definition) is 3. The first kappa shape index (κ1) is 20.1. The highest BCUT2D eigenvalue weighted by Crippen LogP contribution is 2.05. The zero-order chi connectivity index (χ0) is 15.9. The number of hydrogen-bond acceptors (Lipinski definition) is 4. The van der Waals surface area contributed by atoms with Gasteiger partial charge in [-0.2, -0.15) is 0 Å². The number of nitrogens with one attached hydrogen (secondary N) is 1. The van der Waals surface area contributed by atoms with E-state index in [1.807, 2.05) is 0 Å². The van der Waals surface area contributed by atoms with Crippen LogP contribution < -0.4 is 5.32 Å². The lowest BCUT2D eigenvalue weighted by Gasteiger charge is -2.11. The molecule has 0 aliphatic carbocycles. The molecule has 0 rings (SSSR count). The van der Waals surface area contributed by atoms with Crippen LogP contribution in [0.1, 0.15) is 71.6 Å². The van der Waals surface area contributed by atoms with E-state index < -0.39 is 6.10 Å². The molecule has 3 N–H and O–H groups in total. The second-order valence-electron chi connectivity index (χ2n) is 5.42. The third-order valence-corrected chi connectivity index (χ3v) is 3.27. The Balaban J connectivity index is 4.26. The monoisotopic (exact) mass is 300 g/mol. The SMILES string of the molecule is CCCCCC(=NCC(O)CCCCC)NC(=O)CCO. The fraction of sp³-hybridized carbons (Fsp3) is 0.875. The summed E-state index contributed by atoms with van der Waals surface area (Å²) >= 11 is 0. The number of aliphatic imine (C=N–C) groups is 1. The maximum Gasteiger partial charge on any atom is 0.227 e. The van der Waals surface area contributed by atoms with Gasteiger partial charge in [-0.15, -0.1) is 0 Å². The molecular formula is C16H32N2O3. The van der Waals surface area contributed by atoms with E-state index in [9.17, 15) is 9.90 Å². The molecule has 1 unspecified atom stereocenters. The second-order valence-corrected chi connectivity index (χ2v) is 5.42. The Morgan fingerprint density at radius 2 is 1.76 bits per heavy atom. The molecule has 5 heteroatoms. The maximum absolute atomic E-state index is 11.5. The Labute approximate surface area is 128 Å². The first-order chi connectivity index (χ1) is 10.1. The summed E-state index contributed by atoms with van der Waals surface area (Å²) in [5.74, 6) is 0.421. The number of amidine groups is 1. The molecule has 5 nitrogen and oxygen atoms in total.